The SMILES string of the molecule is CNc1cccc(N2CCCC(C)CC2)n1. The first kappa shape index (κ1) is 11.2. The third-order valence-electron chi connectivity index (χ3n) is 3.33. The molecule has 1 aliphatic rings. The van der Waals surface area contributed by atoms with Gasteiger partial charge in [-0.25, -0.2) is 4.98 Å². The van der Waals surface area contributed by atoms with Gasteiger partial charge < -0.3 is 10.2 Å². The normalized spacial score (nSPS) is 21.6. The van der Waals surface area contributed by atoms with E-state index in [2.05, 4.69) is 34.3 Å². The van der Waals surface area contributed by atoms with Crippen molar-refractivity contribution in [3.63, 3.8) is 0 Å². The minimum absolute atomic E-state index is 0.859. The van der Waals surface area contributed by atoms with Crippen LogP contribution < -0.4 is 10.2 Å². The predicted molar refractivity (Wildman–Crippen MR) is 69.0 cm³/mol. The third-order valence-corrected chi connectivity index (χ3v) is 3.33. The molecule has 0 saturated carbocycles. The maximum atomic E-state index is 4.60. The van der Waals surface area contributed by atoms with E-state index in [1.807, 2.05) is 13.1 Å². The fraction of sp³-hybridized carbons (Fsp3) is 0.615. The first-order valence-corrected chi connectivity index (χ1v) is 6.19. The Kier molecular flexibility index (Phi) is 3.65. The second kappa shape index (κ2) is 5.19. The zero-order chi connectivity index (χ0) is 11.4. The fourth-order valence-corrected chi connectivity index (χ4v) is 2.23. The summed E-state index contributed by atoms with van der Waals surface area (Å²) >= 11 is 0. The highest BCUT2D eigenvalue weighted by Gasteiger charge is 2.14. The van der Waals surface area contributed by atoms with Crippen molar-refractivity contribution in [3.8, 4) is 0 Å². The number of anilines is 2. The molecule has 1 saturated heterocycles. The molecule has 1 aromatic heterocycles. The monoisotopic (exact) mass is 219 g/mol. The molecule has 1 aromatic rings. The van der Waals surface area contributed by atoms with E-state index >= 15 is 0 Å². The highest BCUT2D eigenvalue weighted by molar-refractivity contribution is 5.46. The van der Waals surface area contributed by atoms with Crippen molar-refractivity contribution in [2.75, 3.05) is 30.4 Å². The van der Waals surface area contributed by atoms with Crippen molar-refractivity contribution >= 4 is 11.6 Å². The van der Waals surface area contributed by atoms with Gasteiger partial charge in [-0.15, -0.1) is 0 Å². The van der Waals surface area contributed by atoms with Crippen molar-refractivity contribution in [3.05, 3.63) is 18.2 Å². The Hall–Kier alpha value is -1.25. The third kappa shape index (κ3) is 2.65. The zero-order valence-corrected chi connectivity index (χ0v) is 10.2. The lowest BCUT2D eigenvalue weighted by atomic mass is 10.0. The predicted octanol–water partition coefficient (Wildman–Crippen LogP) is 2.75. The first-order chi connectivity index (χ1) is 7.79. The van der Waals surface area contributed by atoms with Crippen LogP contribution in [0.25, 0.3) is 0 Å². The van der Waals surface area contributed by atoms with E-state index in [-0.39, 0.29) is 0 Å². The lowest BCUT2D eigenvalue weighted by Gasteiger charge is -2.21. The maximum Gasteiger partial charge on any atom is 0.130 e. The van der Waals surface area contributed by atoms with E-state index in [0.717, 1.165) is 30.6 Å². The standard InChI is InChI=1S/C13H21N3/c1-11-5-4-9-16(10-8-11)13-7-3-6-12(14-2)15-13/h3,6-7,11H,4-5,8-10H2,1-2H3,(H,14,15). The molecule has 0 aromatic carbocycles. The molecule has 1 atom stereocenters. The van der Waals surface area contributed by atoms with Gasteiger partial charge in [0.05, 0.1) is 0 Å². The smallest absolute Gasteiger partial charge is 0.130 e. The summed E-state index contributed by atoms with van der Waals surface area (Å²) in [5, 5.41) is 3.09. The Balaban J connectivity index is 2.10. The van der Waals surface area contributed by atoms with Gasteiger partial charge in [0.15, 0.2) is 0 Å². The number of aromatic nitrogens is 1. The number of hydrogen-bond acceptors (Lipinski definition) is 3. The number of nitrogens with one attached hydrogen (secondary N) is 1. The van der Waals surface area contributed by atoms with E-state index in [9.17, 15) is 0 Å². The quantitative estimate of drug-likeness (QED) is 0.829. The summed E-state index contributed by atoms with van der Waals surface area (Å²) in [6, 6.07) is 6.18. The van der Waals surface area contributed by atoms with Crippen LogP contribution in [0.4, 0.5) is 11.6 Å². The average molecular weight is 219 g/mol. The molecular formula is C13H21N3. The van der Waals surface area contributed by atoms with E-state index in [4.69, 9.17) is 0 Å². The summed E-state index contributed by atoms with van der Waals surface area (Å²) in [6.45, 7) is 4.63. The van der Waals surface area contributed by atoms with Crippen LogP contribution in [0, 0.1) is 5.92 Å². The van der Waals surface area contributed by atoms with Crippen LogP contribution in [0.3, 0.4) is 0 Å². The highest BCUT2D eigenvalue weighted by atomic mass is 15.2. The van der Waals surface area contributed by atoms with Gasteiger partial charge in [0.1, 0.15) is 11.6 Å². The Morgan fingerprint density at radius 1 is 1.31 bits per heavy atom. The van der Waals surface area contributed by atoms with Crippen LogP contribution >= 0.6 is 0 Å². The Morgan fingerprint density at radius 3 is 3.00 bits per heavy atom. The molecule has 0 spiro atoms. The largest absolute Gasteiger partial charge is 0.373 e. The second-order valence-corrected chi connectivity index (χ2v) is 4.65. The molecule has 0 aliphatic carbocycles. The minimum Gasteiger partial charge on any atom is -0.373 e. The number of rotatable bonds is 2. The molecule has 1 aliphatic heterocycles. The van der Waals surface area contributed by atoms with Crippen LogP contribution in [-0.2, 0) is 0 Å². The van der Waals surface area contributed by atoms with E-state index in [1.54, 1.807) is 0 Å². The highest BCUT2D eigenvalue weighted by Crippen LogP contribution is 2.21. The molecule has 3 nitrogen and oxygen atoms in total. The van der Waals surface area contributed by atoms with Crippen molar-refractivity contribution in [2.45, 2.75) is 26.2 Å². The van der Waals surface area contributed by atoms with Gasteiger partial charge >= 0.3 is 0 Å². The van der Waals surface area contributed by atoms with Crippen LogP contribution in [0.5, 0.6) is 0 Å². The summed E-state index contributed by atoms with van der Waals surface area (Å²) in [5.74, 6) is 2.92. The van der Waals surface area contributed by atoms with Crippen molar-refractivity contribution in [1.29, 1.82) is 0 Å². The molecule has 0 bridgehead atoms. The van der Waals surface area contributed by atoms with Gasteiger partial charge in [-0.1, -0.05) is 13.0 Å². The minimum atomic E-state index is 0.859. The molecule has 2 heterocycles. The molecule has 2 rings (SSSR count). The molecule has 3 heteroatoms. The summed E-state index contributed by atoms with van der Waals surface area (Å²) in [6.07, 6.45) is 3.92. The molecule has 0 radical (unpaired) electrons. The van der Waals surface area contributed by atoms with Gasteiger partial charge in [0, 0.05) is 20.1 Å². The summed E-state index contributed by atoms with van der Waals surface area (Å²) in [4.78, 5) is 7.00. The Morgan fingerprint density at radius 2 is 2.19 bits per heavy atom. The summed E-state index contributed by atoms with van der Waals surface area (Å²) in [7, 11) is 1.91. The molecule has 1 N–H and O–H groups in total. The number of pyridine rings is 1. The maximum absolute atomic E-state index is 4.60. The Bertz CT molecular complexity index is 338. The van der Waals surface area contributed by atoms with Crippen LogP contribution in [0.1, 0.15) is 26.2 Å². The van der Waals surface area contributed by atoms with Gasteiger partial charge in [0.2, 0.25) is 0 Å². The number of hydrogen-bond donors (Lipinski definition) is 1. The van der Waals surface area contributed by atoms with Gasteiger partial charge in [-0.05, 0) is 37.3 Å². The van der Waals surface area contributed by atoms with E-state index in [1.165, 1.54) is 19.3 Å². The molecule has 16 heavy (non-hydrogen) atoms. The molecule has 1 unspecified atom stereocenters. The molecule has 88 valence electrons. The number of nitrogens with zero attached hydrogens (tertiary/aromatic N) is 2. The van der Waals surface area contributed by atoms with Crippen LogP contribution in [0.15, 0.2) is 18.2 Å². The zero-order valence-electron chi connectivity index (χ0n) is 10.2. The lowest BCUT2D eigenvalue weighted by molar-refractivity contribution is 0.521. The summed E-state index contributed by atoms with van der Waals surface area (Å²) < 4.78 is 0. The van der Waals surface area contributed by atoms with Crippen molar-refractivity contribution in [2.24, 2.45) is 5.92 Å². The van der Waals surface area contributed by atoms with Gasteiger partial charge in [-0.3, -0.25) is 0 Å². The average Bonchev–Trinajstić information content (AvgIpc) is 2.54. The van der Waals surface area contributed by atoms with Gasteiger partial charge in [-0.2, -0.15) is 0 Å². The molecular weight excluding hydrogens is 198 g/mol. The van der Waals surface area contributed by atoms with Crippen molar-refractivity contribution in [1.82, 2.24) is 4.98 Å². The van der Waals surface area contributed by atoms with Crippen LogP contribution in [0.2, 0.25) is 0 Å². The van der Waals surface area contributed by atoms with E-state index < -0.39 is 0 Å². The van der Waals surface area contributed by atoms with Crippen LogP contribution in [-0.4, -0.2) is 25.1 Å². The molecule has 0 amide bonds. The van der Waals surface area contributed by atoms with E-state index in [0.29, 0.717) is 0 Å². The van der Waals surface area contributed by atoms with Gasteiger partial charge in [0.25, 0.3) is 0 Å². The second-order valence-electron chi connectivity index (χ2n) is 4.65. The Labute approximate surface area is 97.9 Å². The first-order valence-electron chi connectivity index (χ1n) is 6.19. The molecule has 1 fully saturated rings. The lowest BCUT2D eigenvalue weighted by Crippen LogP contribution is -2.25. The fourth-order valence-electron chi connectivity index (χ4n) is 2.23. The van der Waals surface area contributed by atoms with Crippen molar-refractivity contribution < 1.29 is 0 Å². The summed E-state index contributed by atoms with van der Waals surface area (Å²) in [5.41, 5.74) is 0. The topological polar surface area (TPSA) is 28.2 Å².